The van der Waals surface area contributed by atoms with Crippen molar-refractivity contribution >= 4 is 11.6 Å². The Hall–Kier alpha value is -3.26. The first-order chi connectivity index (χ1) is 14.6. The van der Waals surface area contributed by atoms with Gasteiger partial charge in [-0.1, -0.05) is 55.3 Å². The molecule has 4 rings (SSSR count). The standard InChI is InChI=1S/C21H22ClN7O/c1-3-7-18-19(22)28(4-2)21(30)29(18)13-15-11-10-14(12-23-15)16-8-5-6-9-17(16)20-24-26-27-25-20/h5-6,8-12H,3-4,7,13H2,1-2H3,(H,24,25,26,27). The van der Waals surface area contributed by atoms with Gasteiger partial charge in [0.25, 0.3) is 0 Å². The molecule has 0 atom stereocenters. The van der Waals surface area contributed by atoms with E-state index in [4.69, 9.17) is 11.6 Å². The van der Waals surface area contributed by atoms with Gasteiger partial charge < -0.3 is 0 Å². The van der Waals surface area contributed by atoms with Gasteiger partial charge >= 0.3 is 5.69 Å². The number of tetrazole rings is 1. The highest BCUT2D eigenvalue weighted by Crippen LogP contribution is 2.29. The van der Waals surface area contributed by atoms with Crippen molar-refractivity contribution in [3.8, 4) is 22.5 Å². The lowest BCUT2D eigenvalue weighted by molar-refractivity contribution is 0.646. The van der Waals surface area contributed by atoms with Crippen LogP contribution < -0.4 is 5.69 Å². The van der Waals surface area contributed by atoms with Crippen LogP contribution in [0.3, 0.4) is 0 Å². The lowest BCUT2D eigenvalue weighted by Gasteiger charge is -2.09. The summed E-state index contributed by atoms with van der Waals surface area (Å²) in [4.78, 5) is 17.4. The molecular weight excluding hydrogens is 402 g/mol. The van der Waals surface area contributed by atoms with Crippen LogP contribution in [-0.2, 0) is 19.5 Å². The first-order valence-corrected chi connectivity index (χ1v) is 10.3. The molecule has 9 heteroatoms. The SMILES string of the molecule is CCCc1c(Cl)n(CC)c(=O)n1Cc1ccc(-c2ccccc2-c2nnn[nH]2)cn1. The van der Waals surface area contributed by atoms with E-state index in [2.05, 4.69) is 32.5 Å². The third kappa shape index (κ3) is 3.66. The minimum atomic E-state index is -0.0972. The van der Waals surface area contributed by atoms with Gasteiger partial charge in [0.15, 0.2) is 5.82 Å². The molecule has 1 N–H and O–H groups in total. The van der Waals surface area contributed by atoms with E-state index in [1.165, 1.54) is 0 Å². The predicted molar refractivity (Wildman–Crippen MR) is 115 cm³/mol. The van der Waals surface area contributed by atoms with E-state index in [1.54, 1.807) is 15.3 Å². The predicted octanol–water partition coefficient (Wildman–Crippen LogP) is 3.57. The Labute approximate surface area is 178 Å². The quantitative estimate of drug-likeness (QED) is 0.490. The number of halogens is 1. The summed E-state index contributed by atoms with van der Waals surface area (Å²) in [6.07, 6.45) is 3.46. The Morgan fingerprint density at radius 2 is 1.87 bits per heavy atom. The van der Waals surface area contributed by atoms with E-state index < -0.39 is 0 Å². The Balaban J connectivity index is 1.66. The molecule has 0 amide bonds. The van der Waals surface area contributed by atoms with Crippen LogP contribution in [0.15, 0.2) is 47.4 Å². The maximum Gasteiger partial charge on any atom is 0.329 e. The van der Waals surface area contributed by atoms with Crippen LogP contribution in [0.5, 0.6) is 0 Å². The lowest BCUT2D eigenvalue weighted by atomic mass is 10.0. The van der Waals surface area contributed by atoms with Crippen LogP contribution in [0.2, 0.25) is 5.15 Å². The average molecular weight is 424 g/mol. The molecule has 0 spiro atoms. The highest BCUT2D eigenvalue weighted by atomic mass is 35.5. The maximum absolute atomic E-state index is 12.8. The van der Waals surface area contributed by atoms with Gasteiger partial charge in [-0.25, -0.2) is 9.89 Å². The van der Waals surface area contributed by atoms with Crippen molar-refractivity contribution in [3.05, 3.63) is 69.6 Å². The van der Waals surface area contributed by atoms with Crippen molar-refractivity contribution in [3.63, 3.8) is 0 Å². The van der Waals surface area contributed by atoms with E-state index >= 15 is 0 Å². The van der Waals surface area contributed by atoms with Crippen LogP contribution >= 0.6 is 11.6 Å². The summed E-state index contributed by atoms with van der Waals surface area (Å²) in [5, 5.41) is 14.7. The lowest BCUT2D eigenvalue weighted by Crippen LogP contribution is -2.25. The number of H-pyrrole nitrogens is 1. The first-order valence-electron chi connectivity index (χ1n) is 9.90. The second-order valence-corrected chi connectivity index (χ2v) is 7.29. The van der Waals surface area contributed by atoms with Gasteiger partial charge in [0, 0.05) is 23.9 Å². The van der Waals surface area contributed by atoms with Crippen molar-refractivity contribution in [2.24, 2.45) is 0 Å². The fourth-order valence-corrected chi connectivity index (χ4v) is 3.97. The molecule has 0 radical (unpaired) electrons. The molecule has 0 saturated heterocycles. The molecule has 0 saturated carbocycles. The van der Waals surface area contributed by atoms with Gasteiger partial charge in [0.1, 0.15) is 5.15 Å². The number of aromatic nitrogens is 7. The van der Waals surface area contributed by atoms with E-state index in [0.29, 0.717) is 24.1 Å². The summed E-state index contributed by atoms with van der Waals surface area (Å²) in [5.41, 5.74) is 4.36. The monoisotopic (exact) mass is 423 g/mol. The molecule has 1 aromatic carbocycles. The van der Waals surface area contributed by atoms with Crippen molar-refractivity contribution in [2.45, 2.75) is 39.8 Å². The third-order valence-electron chi connectivity index (χ3n) is 5.05. The minimum absolute atomic E-state index is 0.0972. The van der Waals surface area contributed by atoms with Crippen LogP contribution in [0.1, 0.15) is 31.7 Å². The topological polar surface area (TPSA) is 94.3 Å². The van der Waals surface area contributed by atoms with Crippen LogP contribution in [-0.4, -0.2) is 34.7 Å². The molecule has 4 aromatic rings. The molecule has 30 heavy (non-hydrogen) atoms. The first kappa shape index (κ1) is 20.0. The van der Waals surface area contributed by atoms with Crippen LogP contribution in [0.4, 0.5) is 0 Å². The summed E-state index contributed by atoms with van der Waals surface area (Å²) < 4.78 is 3.33. The number of rotatable bonds is 7. The molecular formula is C21H22ClN7O. The summed E-state index contributed by atoms with van der Waals surface area (Å²) in [6.45, 7) is 4.92. The summed E-state index contributed by atoms with van der Waals surface area (Å²) in [5.74, 6) is 0.598. The van der Waals surface area contributed by atoms with Crippen molar-refractivity contribution in [2.75, 3.05) is 0 Å². The molecule has 0 fully saturated rings. The second kappa shape index (κ2) is 8.62. The van der Waals surface area contributed by atoms with E-state index in [1.807, 2.05) is 43.3 Å². The smallest absolute Gasteiger partial charge is 0.289 e. The zero-order chi connectivity index (χ0) is 21.1. The van der Waals surface area contributed by atoms with Gasteiger partial charge in [-0.3, -0.25) is 14.1 Å². The normalized spacial score (nSPS) is 11.2. The summed E-state index contributed by atoms with van der Waals surface area (Å²) in [7, 11) is 0. The molecule has 0 unspecified atom stereocenters. The fourth-order valence-electron chi connectivity index (χ4n) is 3.58. The Bertz CT molecular complexity index is 1190. The number of imidazole rings is 1. The summed E-state index contributed by atoms with van der Waals surface area (Å²) in [6, 6.07) is 11.8. The molecule has 3 heterocycles. The van der Waals surface area contributed by atoms with Crippen molar-refractivity contribution in [1.82, 2.24) is 34.7 Å². The van der Waals surface area contributed by atoms with Gasteiger partial charge in [-0.2, -0.15) is 0 Å². The fraction of sp³-hybridized carbons (Fsp3) is 0.286. The molecule has 3 aromatic heterocycles. The molecule has 154 valence electrons. The number of hydrogen-bond acceptors (Lipinski definition) is 5. The second-order valence-electron chi connectivity index (χ2n) is 6.93. The third-order valence-corrected chi connectivity index (χ3v) is 5.47. The summed E-state index contributed by atoms with van der Waals surface area (Å²) >= 11 is 6.45. The van der Waals surface area contributed by atoms with Crippen molar-refractivity contribution in [1.29, 1.82) is 0 Å². The Morgan fingerprint density at radius 3 is 2.50 bits per heavy atom. The van der Waals surface area contributed by atoms with Crippen LogP contribution in [0.25, 0.3) is 22.5 Å². The van der Waals surface area contributed by atoms with Gasteiger partial charge in [-0.15, -0.1) is 5.10 Å². The molecule has 0 aliphatic heterocycles. The van der Waals surface area contributed by atoms with Crippen molar-refractivity contribution < 1.29 is 0 Å². The zero-order valence-corrected chi connectivity index (χ0v) is 17.6. The van der Waals surface area contributed by atoms with Gasteiger partial charge in [-0.05, 0) is 35.4 Å². The molecule has 0 aliphatic carbocycles. The number of pyridine rings is 1. The molecule has 8 nitrogen and oxygen atoms in total. The Kier molecular flexibility index (Phi) is 5.76. The molecule has 0 aliphatic rings. The highest BCUT2D eigenvalue weighted by Gasteiger charge is 2.17. The number of aromatic amines is 1. The van der Waals surface area contributed by atoms with E-state index in [0.717, 1.165) is 40.9 Å². The highest BCUT2D eigenvalue weighted by molar-refractivity contribution is 6.30. The van der Waals surface area contributed by atoms with E-state index in [9.17, 15) is 4.79 Å². The average Bonchev–Trinajstić information content (AvgIpc) is 3.38. The largest absolute Gasteiger partial charge is 0.329 e. The van der Waals surface area contributed by atoms with Crippen LogP contribution in [0, 0.1) is 0 Å². The maximum atomic E-state index is 12.8. The number of nitrogens with zero attached hydrogens (tertiary/aromatic N) is 6. The zero-order valence-electron chi connectivity index (χ0n) is 16.8. The molecule has 0 bridgehead atoms. The minimum Gasteiger partial charge on any atom is -0.289 e. The van der Waals surface area contributed by atoms with Gasteiger partial charge in [0.05, 0.1) is 17.9 Å². The number of nitrogens with one attached hydrogen (secondary N) is 1. The number of hydrogen-bond donors (Lipinski definition) is 1. The Morgan fingerprint density at radius 1 is 1.07 bits per heavy atom. The van der Waals surface area contributed by atoms with E-state index in [-0.39, 0.29) is 5.69 Å². The van der Waals surface area contributed by atoms with Gasteiger partial charge in [0.2, 0.25) is 0 Å². The number of benzene rings is 1.